The van der Waals surface area contributed by atoms with Gasteiger partial charge in [-0.3, -0.25) is 4.79 Å². The van der Waals surface area contributed by atoms with Crippen molar-refractivity contribution in [3.63, 3.8) is 0 Å². The van der Waals surface area contributed by atoms with Gasteiger partial charge in [0, 0.05) is 5.02 Å². The van der Waals surface area contributed by atoms with Crippen molar-refractivity contribution in [2.75, 3.05) is 5.32 Å². The van der Waals surface area contributed by atoms with Gasteiger partial charge < -0.3 is 10.4 Å². The third-order valence-corrected chi connectivity index (χ3v) is 3.53. The van der Waals surface area contributed by atoms with Crippen LogP contribution in [0.25, 0.3) is 0 Å². The van der Waals surface area contributed by atoms with Crippen LogP contribution < -0.4 is 5.32 Å². The maximum atomic E-state index is 12.2. The molecule has 7 heteroatoms. The molecule has 0 unspecified atom stereocenters. The number of anilines is 1. The molecule has 0 saturated heterocycles. The van der Waals surface area contributed by atoms with Gasteiger partial charge in [0.1, 0.15) is 5.56 Å². The maximum absolute atomic E-state index is 12.2. The summed E-state index contributed by atoms with van der Waals surface area (Å²) in [6.45, 7) is 0. The van der Waals surface area contributed by atoms with Crippen LogP contribution in [0.1, 0.15) is 20.7 Å². The Morgan fingerprint density at radius 3 is 2.38 bits per heavy atom. The number of carbonyl (C=O) groups excluding carboxylic acids is 1. The number of rotatable bonds is 3. The summed E-state index contributed by atoms with van der Waals surface area (Å²) in [6.07, 6.45) is 0. The Morgan fingerprint density at radius 2 is 1.71 bits per heavy atom. The summed E-state index contributed by atoms with van der Waals surface area (Å²) in [7, 11) is 0. The second-order valence-corrected chi connectivity index (χ2v) is 5.30. The number of hydrogen-bond donors (Lipinski definition) is 2. The van der Waals surface area contributed by atoms with Gasteiger partial charge in [-0.1, -0.05) is 40.9 Å². The highest BCUT2D eigenvalue weighted by Gasteiger charge is 2.18. The van der Waals surface area contributed by atoms with E-state index in [2.05, 4.69) is 5.32 Å². The minimum Gasteiger partial charge on any atom is -0.478 e. The Bertz CT molecular complexity index is 731. The molecule has 21 heavy (non-hydrogen) atoms. The standard InChI is InChI=1S/C14H8Cl3NO3/c15-7-4-5-9(16)8(6-7)13(19)18-11-3-1-2-10(17)12(11)14(20)21/h1-6H,(H,18,19)(H,20,21). The molecule has 2 aromatic rings. The van der Waals surface area contributed by atoms with Gasteiger partial charge in [-0.15, -0.1) is 0 Å². The SMILES string of the molecule is O=C(Nc1cccc(Cl)c1C(=O)O)c1cc(Cl)ccc1Cl. The van der Waals surface area contributed by atoms with Gasteiger partial charge in [-0.05, 0) is 30.3 Å². The summed E-state index contributed by atoms with van der Waals surface area (Å²) >= 11 is 17.6. The first-order chi connectivity index (χ1) is 9.90. The minimum atomic E-state index is -1.24. The number of carboxylic acids is 1. The Morgan fingerprint density at radius 1 is 1.00 bits per heavy atom. The Hall–Kier alpha value is -1.75. The molecule has 1 amide bonds. The lowest BCUT2D eigenvalue weighted by Crippen LogP contribution is -2.15. The van der Waals surface area contributed by atoms with Crippen molar-refractivity contribution in [1.29, 1.82) is 0 Å². The highest BCUT2D eigenvalue weighted by Crippen LogP contribution is 2.26. The molecule has 0 aliphatic rings. The van der Waals surface area contributed by atoms with E-state index in [1.54, 1.807) is 6.07 Å². The van der Waals surface area contributed by atoms with E-state index in [0.29, 0.717) is 5.02 Å². The number of carbonyl (C=O) groups is 2. The molecule has 0 aliphatic carbocycles. The highest BCUT2D eigenvalue weighted by atomic mass is 35.5. The fourth-order valence-corrected chi connectivity index (χ4v) is 2.34. The van der Waals surface area contributed by atoms with Crippen molar-refractivity contribution >= 4 is 52.4 Å². The Kier molecular flexibility index (Phi) is 4.73. The summed E-state index contributed by atoms with van der Waals surface area (Å²) in [5, 5.41) is 12.2. The molecule has 0 spiro atoms. The number of benzene rings is 2. The number of aromatic carboxylic acids is 1. The number of carboxylic acid groups (broad SMARTS) is 1. The van der Waals surface area contributed by atoms with Crippen LogP contribution in [0.2, 0.25) is 15.1 Å². The van der Waals surface area contributed by atoms with Crippen LogP contribution in [-0.2, 0) is 0 Å². The predicted molar refractivity (Wildman–Crippen MR) is 82.8 cm³/mol. The monoisotopic (exact) mass is 343 g/mol. The molecule has 0 atom stereocenters. The van der Waals surface area contributed by atoms with Gasteiger partial charge >= 0.3 is 5.97 Å². The average molecular weight is 345 g/mol. The third kappa shape index (κ3) is 3.47. The topological polar surface area (TPSA) is 66.4 Å². The molecule has 0 fully saturated rings. The Balaban J connectivity index is 2.39. The summed E-state index contributed by atoms with van der Waals surface area (Å²) in [4.78, 5) is 23.4. The molecule has 0 heterocycles. The highest BCUT2D eigenvalue weighted by molar-refractivity contribution is 6.37. The first kappa shape index (κ1) is 15.6. The number of nitrogens with one attached hydrogen (secondary N) is 1. The van der Waals surface area contributed by atoms with E-state index in [9.17, 15) is 9.59 Å². The summed E-state index contributed by atoms with van der Waals surface area (Å²) in [5.74, 6) is -1.82. The summed E-state index contributed by atoms with van der Waals surface area (Å²) < 4.78 is 0. The summed E-state index contributed by atoms with van der Waals surface area (Å²) in [6, 6.07) is 8.81. The molecule has 0 aliphatic heterocycles. The van der Waals surface area contributed by atoms with Crippen LogP contribution in [0.4, 0.5) is 5.69 Å². The fourth-order valence-electron chi connectivity index (χ4n) is 1.71. The average Bonchev–Trinajstić information content (AvgIpc) is 2.41. The molecule has 0 saturated carbocycles. The second kappa shape index (κ2) is 6.35. The van der Waals surface area contributed by atoms with Crippen LogP contribution in [0, 0.1) is 0 Å². The largest absolute Gasteiger partial charge is 0.478 e. The lowest BCUT2D eigenvalue weighted by molar-refractivity contribution is 0.0698. The van der Waals surface area contributed by atoms with E-state index < -0.39 is 11.9 Å². The molecule has 2 N–H and O–H groups in total. The zero-order valence-electron chi connectivity index (χ0n) is 10.4. The first-order valence-corrected chi connectivity index (χ1v) is 6.81. The normalized spacial score (nSPS) is 10.2. The van der Waals surface area contributed by atoms with Gasteiger partial charge in [-0.25, -0.2) is 4.79 Å². The van der Waals surface area contributed by atoms with Crippen LogP contribution >= 0.6 is 34.8 Å². The molecule has 0 radical (unpaired) electrons. The minimum absolute atomic E-state index is 0.0255. The van der Waals surface area contributed by atoms with Gasteiger partial charge in [-0.2, -0.15) is 0 Å². The van der Waals surface area contributed by atoms with E-state index in [0.717, 1.165) is 0 Å². The van der Waals surface area contributed by atoms with Gasteiger partial charge in [0.05, 0.1) is 21.3 Å². The zero-order valence-corrected chi connectivity index (χ0v) is 12.6. The number of halogens is 3. The van der Waals surface area contributed by atoms with Crippen molar-refractivity contribution in [2.45, 2.75) is 0 Å². The zero-order chi connectivity index (χ0) is 15.6. The van der Waals surface area contributed by atoms with Gasteiger partial charge in [0.2, 0.25) is 0 Å². The molecule has 0 aromatic heterocycles. The predicted octanol–water partition coefficient (Wildman–Crippen LogP) is 4.60. The lowest BCUT2D eigenvalue weighted by atomic mass is 10.1. The molecule has 4 nitrogen and oxygen atoms in total. The maximum Gasteiger partial charge on any atom is 0.339 e. The molecular formula is C14H8Cl3NO3. The van der Waals surface area contributed by atoms with Crippen LogP contribution in [0.5, 0.6) is 0 Å². The Labute approximate surface area is 135 Å². The fraction of sp³-hybridized carbons (Fsp3) is 0. The summed E-state index contributed by atoms with van der Waals surface area (Å²) in [5.41, 5.74) is 0.0298. The van der Waals surface area contributed by atoms with E-state index in [4.69, 9.17) is 39.9 Å². The van der Waals surface area contributed by atoms with E-state index in [-0.39, 0.29) is 26.9 Å². The molecule has 0 bridgehead atoms. The number of amides is 1. The van der Waals surface area contributed by atoms with Crippen molar-refractivity contribution in [2.24, 2.45) is 0 Å². The third-order valence-electron chi connectivity index (χ3n) is 2.65. The van der Waals surface area contributed by atoms with Crippen LogP contribution in [0.15, 0.2) is 36.4 Å². The van der Waals surface area contributed by atoms with E-state index in [1.807, 2.05) is 0 Å². The number of hydrogen-bond acceptors (Lipinski definition) is 2. The van der Waals surface area contributed by atoms with E-state index >= 15 is 0 Å². The van der Waals surface area contributed by atoms with Crippen LogP contribution in [0.3, 0.4) is 0 Å². The van der Waals surface area contributed by atoms with Crippen molar-refractivity contribution < 1.29 is 14.7 Å². The van der Waals surface area contributed by atoms with Crippen molar-refractivity contribution in [3.05, 3.63) is 62.6 Å². The van der Waals surface area contributed by atoms with Crippen molar-refractivity contribution in [3.8, 4) is 0 Å². The smallest absolute Gasteiger partial charge is 0.339 e. The van der Waals surface area contributed by atoms with E-state index in [1.165, 1.54) is 30.3 Å². The lowest BCUT2D eigenvalue weighted by Gasteiger charge is -2.10. The van der Waals surface area contributed by atoms with Crippen LogP contribution in [-0.4, -0.2) is 17.0 Å². The van der Waals surface area contributed by atoms with Gasteiger partial charge in [0.25, 0.3) is 5.91 Å². The molecular weight excluding hydrogens is 337 g/mol. The van der Waals surface area contributed by atoms with Gasteiger partial charge in [0.15, 0.2) is 0 Å². The molecule has 2 aromatic carbocycles. The van der Waals surface area contributed by atoms with Crippen molar-refractivity contribution in [1.82, 2.24) is 0 Å². The molecule has 108 valence electrons. The molecule has 2 rings (SSSR count). The first-order valence-electron chi connectivity index (χ1n) is 5.68. The second-order valence-electron chi connectivity index (χ2n) is 4.05. The quantitative estimate of drug-likeness (QED) is 0.855.